The predicted octanol–water partition coefficient (Wildman–Crippen LogP) is 4.80. The molecule has 25 heavy (non-hydrogen) atoms. The lowest BCUT2D eigenvalue weighted by atomic mass is 10.2. The molecule has 0 amide bonds. The molecule has 0 fully saturated rings. The van der Waals surface area contributed by atoms with E-state index in [2.05, 4.69) is 22.6 Å². The Bertz CT molecular complexity index is 863. The summed E-state index contributed by atoms with van der Waals surface area (Å²) in [6, 6.07) is 28.7. The first-order valence-corrected chi connectivity index (χ1v) is 10.7. The maximum atomic E-state index is 14.5. The van der Waals surface area contributed by atoms with Crippen molar-refractivity contribution in [2.75, 3.05) is 6.61 Å². The van der Waals surface area contributed by atoms with Gasteiger partial charge in [-0.05, 0) is 28.2 Å². The van der Waals surface area contributed by atoms with Crippen molar-refractivity contribution in [2.45, 2.75) is 0 Å². The van der Waals surface area contributed by atoms with Crippen LogP contribution in [0.2, 0.25) is 0 Å². The molecule has 0 saturated heterocycles. The number of hydrogen-bond donors (Lipinski definition) is 1. The van der Waals surface area contributed by atoms with E-state index in [0.29, 0.717) is 8.89 Å². The summed E-state index contributed by atoms with van der Waals surface area (Å²) in [5, 5.41) is 12.1. The van der Waals surface area contributed by atoms with E-state index in [9.17, 15) is 9.67 Å². The molecule has 0 aliphatic heterocycles. The van der Waals surface area contributed by atoms with Crippen LogP contribution in [0, 0.1) is 0 Å². The summed E-state index contributed by atoms with van der Waals surface area (Å²) in [4.78, 5) is 0. The van der Waals surface area contributed by atoms with Crippen LogP contribution in [-0.2, 0) is 4.57 Å². The zero-order valence-corrected chi connectivity index (χ0v) is 16.6. The van der Waals surface area contributed by atoms with Crippen LogP contribution in [0.1, 0.15) is 5.56 Å². The number of rotatable bonds is 5. The number of hydrogen-bond acceptors (Lipinski definition) is 2. The average Bonchev–Trinajstić information content (AvgIpc) is 2.70. The third-order valence-electron chi connectivity index (χ3n) is 4.00. The zero-order valence-electron chi connectivity index (χ0n) is 13.5. The third-order valence-corrected chi connectivity index (χ3v) is 8.51. The topological polar surface area (TPSA) is 37.3 Å². The number of benzene rings is 3. The molecule has 0 bridgehead atoms. The summed E-state index contributed by atoms with van der Waals surface area (Å²) in [5.74, 6) is 0. The van der Waals surface area contributed by atoms with Crippen molar-refractivity contribution < 1.29 is 9.67 Å². The lowest BCUT2D eigenvalue weighted by molar-refractivity contribution is 0.342. The fraction of sp³-hybridized carbons (Fsp3) is 0.0476. The van der Waals surface area contributed by atoms with Crippen molar-refractivity contribution in [1.82, 2.24) is 0 Å². The van der Waals surface area contributed by atoms with E-state index in [1.54, 1.807) is 0 Å². The normalized spacial score (nSPS) is 12.6. The zero-order chi connectivity index (χ0) is 17.7. The molecular weight excluding hydrogens is 442 g/mol. The SMILES string of the molecule is O=P(/C(=C(/I)CO)c1ccccc1)(c1ccccc1)c1ccccc1. The summed E-state index contributed by atoms with van der Waals surface area (Å²) in [7, 11) is -3.12. The number of aliphatic hydroxyl groups is 1. The Hall–Kier alpha value is -1.68. The second-order valence-electron chi connectivity index (χ2n) is 5.56. The summed E-state index contributed by atoms with van der Waals surface area (Å²) in [6.07, 6.45) is 0. The van der Waals surface area contributed by atoms with Gasteiger partial charge in [0.15, 0.2) is 7.14 Å². The molecule has 3 aromatic carbocycles. The monoisotopic (exact) mass is 460 g/mol. The standard InChI is InChI=1S/C21H18IO2P/c22-20(16-23)21(17-10-4-1-5-11-17)25(24,18-12-6-2-7-13-18)19-14-8-3-9-15-19/h1-15,23H,16H2/b21-20+. The van der Waals surface area contributed by atoms with Gasteiger partial charge in [-0.1, -0.05) is 91.0 Å². The fourth-order valence-corrected chi connectivity index (χ4v) is 7.12. The van der Waals surface area contributed by atoms with Gasteiger partial charge in [0, 0.05) is 19.5 Å². The second-order valence-corrected chi connectivity index (χ2v) is 9.56. The van der Waals surface area contributed by atoms with Crippen LogP contribution >= 0.6 is 29.7 Å². The van der Waals surface area contributed by atoms with E-state index in [4.69, 9.17) is 0 Å². The Kier molecular flexibility index (Phi) is 5.89. The molecule has 0 aromatic heterocycles. The highest BCUT2D eigenvalue weighted by molar-refractivity contribution is 14.1. The van der Waals surface area contributed by atoms with Gasteiger partial charge in [-0.2, -0.15) is 0 Å². The van der Waals surface area contributed by atoms with Crippen molar-refractivity contribution in [3.63, 3.8) is 0 Å². The van der Waals surface area contributed by atoms with Crippen LogP contribution in [0.4, 0.5) is 0 Å². The summed E-state index contributed by atoms with van der Waals surface area (Å²) < 4.78 is 15.2. The van der Waals surface area contributed by atoms with E-state index in [1.165, 1.54) is 0 Å². The molecule has 1 N–H and O–H groups in total. The van der Waals surface area contributed by atoms with Crippen LogP contribution in [0.25, 0.3) is 5.31 Å². The summed E-state index contributed by atoms with van der Waals surface area (Å²) in [6.45, 7) is -0.144. The van der Waals surface area contributed by atoms with Crippen molar-refractivity contribution in [3.8, 4) is 0 Å². The number of aliphatic hydroxyl groups excluding tert-OH is 1. The first-order chi connectivity index (χ1) is 12.2. The van der Waals surface area contributed by atoms with Crippen LogP contribution in [0.3, 0.4) is 0 Å². The highest BCUT2D eigenvalue weighted by Gasteiger charge is 2.34. The molecule has 0 heterocycles. The Morgan fingerprint density at radius 3 is 1.56 bits per heavy atom. The van der Waals surface area contributed by atoms with E-state index in [-0.39, 0.29) is 6.61 Å². The van der Waals surface area contributed by atoms with E-state index >= 15 is 0 Å². The van der Waals surface area contributed by atoms with Gasteiger partial charge in [-0.25, -0.2) is 0 Å². The first kappa shape index (κ1) is 18.1. The molecule has 126 valence electrons. The largest absolute Gasteiger partial charge is 0.391 e. The third kappa shape index (κ3) is 3.64. The second kappa shape index (κ2) is 8.13. The molecule has 3 aromatic rings. The molecule has 0 saturated carbocycles. The minimum Gasteiger partial charge on any atom is -0.391 e. The van der Waals surface area contributed by atoms with E-state index in [0.717, 1.165) is 16.2 Å². The average molecular weight is 460 g/mol. The quantitative estimate of drug-likeness (QED) is 0.439. The predicted molar refractivity (Wildman–Crippen MR) is 114 cm³/mol. The molecule has 0 spiro atoms. The molecule has 0 aliphatic rings. The first-order valence-electron chi connectivity index (χ1n) is 7.94. The van der Waals surface area contributed by atoms with Crippen LogP contribution in [-0.4, -0.2) is 11.7 Å². The minimum absolute atomic E-state index is 0.144. The molecular formula is C21H18IO2P. The lowest BCUT2D eigenvalue weighted by Crippen LogP contribution is -2.18. The van der Waals surface area contributed by atoms with Crippen molar-refractivity contribution in [3.05, 3.63) is 100 Å². The summed E-state index contributed by atoms with van der Waals surface area (Å²) in [5.41, 5.74) is 0.872. The maximum Gasteiger partial charge on any atom is 0.172 e. The van der Waals surface area contributed by atoms with Crippen molar-refractivity contribution in [1.29, 1.82) is 0 Å². The van der Waals surface area contributed by atoms with Crippen LogP contribution < -0.4 is 10.6 Å². The van der Waals surface area contributed by atoms with E-state index in [1.807, 2.05) is 91.0 Å². The molecule has 2 nitrogen and oxygen atoms in total. The smallest absolute Gasteiger partial charge is 0.172 e. The highest BCUT2D eigenvalue weighted by atomic mass is 127. The molecule has 4 heteroatoms. The minimum atomic E-state index is -3.12. The van der Waals surface area contributed by atoms with E-state index < -0.39 is 7.14 Å². The van der Waals surface area contributed by atoms with Gasteiger partial charge in [0.05, 0.1) is 6.61 Å². The van der Waals surface area contributed by atoms with Gasteiger partial charge >= 0.3 is 0 Å². The maximum absolute atomic E-state index is 14.5. The van der Waals surface area contributed by atoms with Gasteiger partial charge in [0.1, 0.15) is 0 Å². The Labute approximate surface area is 161 Å². The lowest BCUT2D eigenvalue weighted by Gasteiger charge is -2.24. The van der Waals surface area contributed by atoms with Crippen molar-refractivity contribution >= 4 is 45.7 Å². The Morgan fingerprint density at radius 1 is 0.760 bits per heavy atom. The molecule has 0 atom stereocenters. The fourth-order valence-electron chi connectivity index (χ4n) is 2.86. The summed E-state index contributed by atoms with van der Waals surface area (Å²) >= 11 is 2.11. The number of halogens is 1. The highest BCUT2D eigenvalue weighted by Crippen LogP contribution is 2.58. The molecule has 0 radical (unpaired) electrons. The van der Waals surface area contributed by atoms with Crippen LogP contribution in [0.5, 0.6) is 0 Å². The molecule has 0 aliphatic carbocycles. The molecule has 0 unspecified atom stereocenters. The molecule has 3 rings (SSSR count). The Morgan fingerprint density at radius 2 is 1.16 bits per heavy atom. The van der Waals surface area contributed by atoms with Gasteiger partial charge in [-0.15, -0.1) is 0 Å². The van der Waals surface area contributed by atoms with Gasteiger partial charge < -0.3 is 9.67 Å². The van der Waals surface area contributed by atoms with Gasteiger partial charge in [-0.3, -0.25) is 0 Å². The van der Waals surface area contributed by atoms with Crippen molar-refractivity contribution in [2.24, 2.45) is 0 Å². The van der Waals surface area contributed by atoms with Crippen LogP contribution in [0.15, 0.2) is 94.6 Å². The Balaban J connectivity index is 2.36. The van der Waals surface area contributed by atoms with Gasteiger partial charge in [0.2, 0.25) is 0 Å². The van der Waals surface area contributed by atoms with Gasteiger partial charge in [0.25, 0.3) is 0 Å².